The van der Waals surface area contributed by atoms with Gasteiger partial charge in [-0.05, 0) is 51.0 Å². The number of benzene rings is 2. The molecule has 0 bridgehead atoms. The molecule has 0 aliphatic carbocycles. The molecule has 5 nitrogen and oxygen atoms in total. The monoisotopic (exact) mass is 389 g/mol. The second kappa shape index (κ2) is 8.74. The SMILES string of the molecule is CCNC(=NCCS(=O)(=O)C(C)(C)C)NC(C)c1cccc2ccccc12. The maximum atomic E-state index is 12.3. The summed E-state index contributed by atoms with van der Waals surface area (Å²) in [5.74, 6) is 0.664. The molecule has 0 aliphatic rings. The van der Waals surface area contributed by atoms with E-state index in [-0.39, 0.29) is 18.3 Å². The Morgan fingerprint density at radius 1 is 1.11 bits per heavy atom. The lowest BCUT2D eigenvalue weighted by molar-refractivity contribution is 0.560. The minimum absolute atomic E-state index is 0.0353. The highest BCUT2D eigenvalue weighted by Crippen LogP contribution is 2.24. The molecule has 0 radical (unpaired) electrons. The molecule has 1 atom stereocenters. The van der Waals surface area contributed by atoms with Crippen molar-refractivity contribution in [2.24, 2.45) is 4.99 Å². The van der Waals surface area contributed by atoms with Crippen molar-refractivity contribution >= 4 is 26.6 Å². The Morgan fingerprint density at radius 3 is 2.44 bits per heavy atom. The fraction of sp³-hybridized carbons (Fsp3) is 0.476. The van der Waals surface area contributed by atoms with Crippen LogP contribution in [-0.2, 0) is 9.84 Å². The number of nitrogens with zero attached hydrogens (tertiary/aromatic N) is 1. The van der Waals surface area contributed by atoms with Gasteiger partial charge in [-0.15, -0.1) is 0 Å². The summed E-state index contributed by atoms with van der Waals surface area (Å²) in [5.41, 5.74) is 1.18. The van der Waals surface area contributed by atoms with Crippen LogP contribution in [0.4, 0.5) is 0 Å². The van der Waals surface area contributed by atoms with Crippen LogP contribution in [0.2, 0.25) is 0 Å². The molecule has 2 aromatic carbocycles. The summed E-state index contributed by atoms with van der Waals surface area (Å²) in [7, 11) is -3.18. The van der Waals surface area contributed by atoms with Crippen LogP contribution < -0.4 is 10.6 Å². The molecule has 2 N–H and O–H groups in total. The van der Waals surface area contributed by atoms with Crippen molar-refractivity contribution in [2.45, 2.75) is 45.4 Å². The number of fused-ring (bicyclic) bond motifs is 1. The van der Waals surface area contributed by atoms with Crippen molar-refractivity contribution in [1.29, 1.82) is 0 Å². The van der Waals surface area contributed by atoms with Gasteiger partial charge in [-0.25, -0.2) is 8.42 Å². The fourth-order valence-electron chi connectivity index (χ4n) is 2.81. The predicted octanol–water partition coefficient (Wildman–Crippen LogP) is 3.67. The van der Waals surface area contributed by atoms with Crippen LogP contribution in [0.15, 0.2) is 47.5 Å². The van der Waals surface area contributed by atoms with E-state index < -0.39 is 14.6 Å². The molecule has 0 spiro atoms. The van der Waals surface area contributed by atoms with Crippen molar-refractivity contribution < 1.29 is 8.42 Å². The number of rotatable bonds is 6. The smallest absolute Gasteiger partial charge is 0.191 e. The molecule has 0 aliphatic heterocycles. The minimum atomic E-state index is -3.18. The van der Waals surface area contributed by atoms with Gasteiger partial charge in [-0.1, -0.05) is 42.5 Å². The summed E-state index contributed by atoms with van der Waals surface area (Å²) in [6, 6.07) is 14.6. The van der Waals surface area contributed by atoms with Crippen LogP contribution in [0.5, 0.6) is 0 Å². The van der Waals surface area contributed by atoms with Crippen molar-refractivity contribution in [2.75, 3.05) is 18.8 Å². The topological polar surface area (TPSA) is 70.6 Å². The van der Waals surface area contributed by atoms with Crippen LogP contribution in [0, 0.1) is 0 Å². The Hall–Kier alpha value is -2.08. The lowest BCUT2D eigenvalue weighted by Crippen LogP contribution is -2.39. The highest BCUT2D eigenvalue weighted by Gasteiger charge is 2.28. The van der Waals surface area contributed by atoms with Gasteiger partial charge in [0, 0.05) is 6.54 Å². The Bertz CT molecular complexity index is 894. The van der Waals surface area contributed by atoms with E-state index in [1.54, 1.807) is 20.8 Å². The Balaban J connectivity index is 2.15. The summed E-state index contributed by atoms with van der Waals surface area (Å²) in [6.07, 6.45) is 0. The lowest BCUT2D eigenvalue weighted by atomic mass is 10.00. The zero-order valence-corrected chi connectivity index (χ0v) is 17.7. The van der Waals surface area contributed by atoms with Crippen LogP contribution in [0.1, 0.15) is 46.2 Å². The Labute approximate surface area is 163 Å². The van der Waals surface area contributed by atoms with Crippen molar-refractivity contribution in [3.63, 3.8) is 0 Å². The standard InChI is InChI=1S/C21H31N3O2S/c1-6-22-20(23-14-15-27(25,26)21(3,4)5)24-16(2)18-13-9-11-17-10-7-8-12-19(17)18/h7-13,16H,6,14-15H2,1-5H3,(H2,22,23,24). The van der Waals surface area contributed by atoms with Gasteiger partial charge in [0.25, 0.3) is 0 Å². The normalized spacial score (nSPS) is 14.2. The average molecular weight is 390 g/mol. The molecule has 2 aromatic rings. The van der Waals surface area contributed by atoms with E-state index in [1.165, 1.54) is 16.3 Å². The molecule has 0 saturated carbocycles. The quantitative estimate of drug-likeness (QED) is 0.584. The molecular formula is C21H31N3O2S. The lowest BCUT2D eigenvalue weighted by Gasteiger charge is -2.21. The van der Waals surface area contributed by atoms with Crippen LogP contribution in [0.25, 0.3) is 10.8 Å². The summed E-state index contributed by atoms with van der Waals surface area (Å²) in [6.45, 7) is 10.2. The summed E-state index contributed by atoms with van der Waals surface area (Å²) >= 11 is 0. The van der Waals surface area contributed by atoms with Gasteiger partial charge >= 0.3 is 0 Å². The first kappa shape index (κ1) is 21.2. The molecule has 0 aromatic heterocycles. The van der Waals surface area contributed by atoms with Crippen molar-refractivity contribution in [1.82, 2.24) is 10.6 Å². The number of nitrogens with one attached hydrogen (secondary N) is 2. The first-order valence-electron chi connectivity index (χ1n) is 9.40. The van der Waals surface area contributed by atoms with E-state index in [2.05, 4.69) is 52.9 Å². The van der Waals surface area contributed by atoms with Gasteiger partial charge in [0.1, 0.15) is 0 Å². The zero-order chi connectivity index (χ0) is 20.1. The maximum absolute atomic E-state index is 12.3. The fourth-order valence-corrected chi connectivity index (χ4v) is 3.76. The van der Waals surface area contributed by atoms with Crippen molar-refractivity contribution in [3.8, 4) is 0 Å². The second-order valence-electron chi connectivity index (χ2n) is 7.63. The first-order valence-corrected chi connectivity index (χ1v) is 11.1. The Morgan fingerprint density at radius 2 is 1.78 bits per heavy atom. The van der Waals surface area contributed by atoms with E-state index in [1.807, 2.05) is 19.1 Å². The van der Waals surface area contributed by atoms with E-state index in [4.69, 9.17) is 0 Å². The second-order valence-corrected chi connectivity index (χ2v) is 10.5. The molecule has 1 unspecified atom stereocenters. The molecule has 0 heterocycles. The van der Waals surface area contributed by atoms with Crippen LogP contribution >= 0.6 is 0 Å². The maximum Gasteiger partial charge on any atom is 0.191 e. The van der Waals surface area contributed by atoms with Crippen LogP contribution in [0.3, 0.4) is 0 Å². The number of sulfone groups is 1. The third-order valence-electron chi connectivity index (χ3n) is 4.55. The number of hydrogen-bond acceptors (Lipinski definition) is 3. The molecular weight excluding hydrogens is 358 g/mol. The third kappa shape index (κ3) is 5.45. The Kier molecular flexibility index (Phi) is 6.87. The van der Waals surface area contributed by atoms with Gasteiger partial charge in [0.15, 0.2) is 15.8 Å². The summed E-state index contributed by atoms with van der Waals surface area (Å²) in [4.78, 5) is 4.47. The highest BCUT2D eigenvalue weighted by atomic mass is 32.2. The summed E-state index contributed by atoms with van der Waals surface area (Å²) in [5, 5.41) is 8.99. The van der Waals surface area contributed by atoms with Gasteiger partial charge in [-0.2, -0.15) is 0 Å². The van der Waals surface area contributed by atoms with Crippen LogP contribution in [-0.4, -0.2) is 38.0 Å². The average Bonchev–Trinajstić information content (AvgIpc) is 2.60. The first-order chi connectivity index (χ1) is 12.7. The summed E-state index contributed by atoms with van der Waals surface area (Å²) < 4.78 is 23.8. The zero-order valence-electron chi connectivity index (χ0n) is 16.9. The van der Waals surface area contributed by atoms with Gasteiger partial charge in [0.2, 0.25) is 0 Å². The highest BCUT2D eigenvalue weighted by molar-refractivity contribution is 7.92. The van der Waals surface area contributed by atoms with Gasteiger partial charge in [-0.3, -0.25) is 4.99 Å². The van der Waals surface area contributed by atoms with E-state index in [0.717, 1.165) is 0 Å². The van der Waals surface area contributed by atoms with Gasteiger partial charge < -0.3 is 10.6 Å². The molecule has 0 fully saturated rings. The van der Waals surface area contributed by atoms with Crippen molar-refractivity contribution in [3.05, 3.63) is 48.0 Å². The third-order valence-corrected chi connectivity index (χ3v) is 7.14. The molecule has 27 heavy (non-hydrogen) atoms. The van der Waals surface area contributed by atoms with E-state index >= 15 is 0 Å². The molecule has 0 amide bonds. The molecule has 0 saturated heterocycles. The van der Waals surface area contributed by atoms with Gasteiger partial charge in [0.05, 0.1) is 23.1 Å². The van der Waals surface area contributed by atoms with E-state index in [0.29, 0.717) is 12.5 Å². The minimum Gasteiger partial charge on any atom is -0.357 e. The van der Waals surface area contributed by atoms with E-state index in [9.17, 15) is 8.42 Å². The largest absolute Gasteiger partial charge is 0.357 e. The predicted molar refractivity (Wildman–Crippen MR) is 115 cm³/mol. The molecule has 148 valence electrons. The number of hydrogen-bond donors (Lipinski definition) is 2. The molecule has 6 heteroatoms. The molecule has 2 rings (SSSR count). The number of guanidine groups is 1. The number of aliphatic imine (C=N–C) groups is 1.